The van der Waals surface area contributed by atoms with Crippen LogP contribution in [0.2, 0.25) is 0 Å². The first kappa shape index (κ1) is 15.7. The fourth-order valence-corrected chi connectivity index (χ4v) is 1.87. The molecule has 0 spiro atoms. The highest BCUT2D eigenvalue weighted by Crippen LogP contribution is 2.17. The number of benzene rings is 1. The lowest BCUT2D eigenvalue weighted by Gasteiger charge is -2.22. The Morgan fingerprint density at radius 2 is 1.95 bits per heavy atom. The van der Waals surface area contributed by atoms with Crippen LogP contribution < -0.4 is 10.6 Å². The molecule has 0 heterocycles. The molecule has 0 aliphatic heterocycles. The Morgan fingerprint density at radius 1 is 1.26 bits per heavy atom. The lowest BCUT2D eigenvalue weighted by Crippen LogP contribution is -2.32. The van der Waals surface area contributed by atoms with Crippen molar-refractivity contribution >= 4 is 11.6 Å². The molecule has 2 N–H and O–H groups in total. The maximum absolute atomic E-state index is 12.2. The van der Waals surface area contributed by atoms with Crippen molar-refractivity contribution in [3.8, 4) is 0 Å². The number of anilines is 1. The zero-order valence-corrected chi connectivity index (χ0v) is 11.9. The molecule has 1 aromatic carbocycles. The number of nitrogens with zero attached hydrogens (tertiary/aromatic N) is 1. The van der Waals surface area contributed by atoms with E-state index in [0.717, 1.165) is 24.2 Å². The zero-order valence-electron chi connectivity index (χ0n) is 11.9. The molecule has 1 aromatic rings. The van der Waals surface area contributed by atoms with Gasteiger partial charge in [0.1, 0.15) is 0 Å². The van der Waals surface area contributed by atoms with E-state index in [2.05, 4.69) is 6.92 Å². The van der Waals surface area contributed by atoms with Gasteiger partial charge < -0.3 is 15.4 Å². The van der Waals surface area contributed by atoms with Gasteiger partial charge in [0.25, 0.3) is 0 Å². The van der Waals surface area contributed by atoms with E-state index in [4.69, 9.17) is 10.5 Å². The van der Waals surface area contributed by atoms with Gasteiger partial charge in [-0.25, -0.2) is 0 Å². The maximum Gasteiger partial charge on any atom is 0.229 e. The van der Waals surface area contributed by atoms with Gasteiger partial charge in [-0.15, -0.1) is 0 Å². The van der Waals surface area contributed by atoms with E-state index in [0.29, 0.717) is 26.2 Å². The molecular weight excluding hydrogens is 240 g/mol. The van der Waals surface area contributed by atoms with Gasteiger partial charge in [0.2, 0.25) is 5.91 Å². The molecule has 1 rings (SSSR count). The standard InChI is InChI=1S/C15H24N2O2/c1-3-10-17(15(18)9-11-19-4-2)14-7-5-13(12-16)6-8-14/h5-8H,3-4,9-12,16H2,1-2H3. The minimum Gasteiger partial charge on any atom is -0.381 e. The molecule has 0 bridgehead atoms. The second kappa shape index (κ2) is 8.67. The van der Waals surface area contributed by atoms with E-state index in [1.165, 1.54) is 0 Å². The van der Waals surface area contributed by atoms with Crippen molar-refractivity contribution in [1.82, 2.24) is 0 Å². The summed E-state index contributed by atoms with van der Waals surface area (Å²) in [6.45, 7) is 6.37. The third kappa shape index (κ3) is 5.01. The number of ether oxygens (including phenoxy) is 1. The molecule has 0 saturated carbocycles. The van der Waals surface area contributed by atoms with Gasteiger partial charge in [-0.3, -0.25) is 4.79 Å². The summed E-state index contributed by atoms with van der Waals surface area (Å²) in [5.74, 6) is 0.107. The van der Waals surface area contributed by atoms with Gasteiger partial charge in [-0.1, -0.05) is 19.1 Å². The quantitative estimate of drug-likeness (QED) is 0.733. The third-order valence-electron chi connectivity index (χ3n) is 2.90. The van der Waals surface area contributed by atoms with Crippen LogP contribution in [0.25, 0.3) is 0 Å². The van der Waals surface area contributed by atoms with E-state index in [1.807, 2.05) is 36.1 Å². The first-order valence-electron chi connectivity index (χ1n) is 6.90. The fourth-order valence-electron chi connectivity index (χ4n) is 1.87. The topological polar surface area (TPSA) is 55.6 Å². The van der Waals surface area contributed by atoms with Crippen molar-refractivity contribution < 1.29 is 9.53 Å². The minimum absolute atomic E-state index is 0.107. The largest absolute Gasteiger partial charge is 0.381 e. The Balaban J connectivity index is 2.71. The van der Waals surface area contributed by atoms with Crippen LogP contribution >= 0.6 is 0 Å². The molecule has 0 aromatic heterocycles. The lowest BCUT2D eigenvalue weighted by atomic mass is 10.2. The van der Waals surface area contributed by atoms with Gasteiger partial charge >= 0.3 is 0 Å². The van der Waals surface area contributed by atoms with Gasteiger partial charge in [0.05, 0.1) is 13.0 Å². The smallest absolute Gasteiger partial charge is 0.229 e. The lowest BCUT2D eigenvalue weighted by molar-refractivity contribution is -0.119. The highest BCUT2D eigenvalue weighted by Gasteiger charge is 2.14. The highest BCUT2D eigenvalue weighted by atomic mass is 16.5. The third-order valence-corrected chi connectivity index (χ3v) is 2.90. The Hall–Kier alpha value is -1.39. The number of amides is 1. The molecule has 0 saturated heterocycles. The number of hydrogen-bond donors (Lipinski definition) is 1. The molecule has 1 amide bonds. The van der Waals surface area contributed by atoms with Crippen LogP contribution in [0.1, 0.15) is 32.3 Å². The van der Waals surface area contributed by atoms with E-state index < -0.39 is 0 Å². The Labute approximate surface area is 115 Å². The molecule has 0 unspecified atom stereocenters. The molecule has 0 atom stereocenters. The summed E-state index contributed by atoms with van der Waals surface area (Å²) < 4.78 is 5.24. The minimum atomic E-state index is 0.107. The number of rotatable bonds is 8. The van der Waals surface area contributed by atoms with Crippen LogP contribution in [-0.4, -0.2) is 25.7 Å². The highest BCUT2D eigenvalue weighted by molar-refractivity contribution is 5.93. The van der Waals surface area contributed by atoms with Crippen molar-refractivity contribution in [2.75, 3.05) is 24.7 Å². The zero-order chi connectivity index (χ0) is 14.1. The molecule has 0 aliphatic rings. The van der Waals surface area contributed by atoms with Gasteiger partial charge in [-0.05, 0) is 31.0 Å². The summed E-state index contributed by atoms with van der Waals surface area (Å²) in [7, 11) is 0. The first-order chi connectivity index (χ1) is 9.22. The van der Waals surface area contributed by atoms with Crippen LogP contribution in [0.4, 0.5) is 5.69 Å². The van der Waals surface area contributed by atoms with Crippen molar-refractivity contribution in [3.63, 3.8) is 0 Å². The second-order valence-electron chi connectivity index (χ2n) is 4.36. The summed E-state index contributed by atoms with van der Waals surface area (Å²) >= 11 is 0. The average molecular weight is 264 g/mol. The SMILES string of the molecule is CCCN(C(=O)CCOCC)c1ccc(CN)cc1. The van der Waals surface area contributed by atoms with E-state index in [9.17, 15) is 4.79 Å². The molecule has 4 nitrogen and oxygen atoms in total. The van der Waals surface area contributed by atoms with Crippen molar-refractivity contribution in [1.29, 1.82) is 0 Å². The van der Waals surface area contributed by atoms with Crippen LogP contribution in [0.3, 0.4) is 0 Å². The van der Waals surface area contributed by atoms with E-state index in [-0.39, 0.29) is 5.91 Å². The van der Waals surface area contributed by atoms with E-state index >= 15 is 0 Å². The monoisotopic (exact) mass is 264 g/mol. The van der Waals surface area contributed by atoms with Crippen molar-refractivity contribution in [2.24, 2.45) is 5.73 Å². The van der Waals surface area contributed by atoms with Crippen LogP contribution in [0.5, 0.6) is 0 Å². The average Bonchev–Trinajstić information content (AvgIpc) is 2.45. The summed E-state index contributed by atoms with van der Waals surface area (Å²) in [5.41, 5.74) is 7.58. The second-order valence-corrected chi connectivity index (χ2v) is 4.36. The maximum atomic E-state index is 12.2. The first-order valence-corrected chi connectivity index (χ1v) is 6.90. The fraction of sp³-hybridized carbons (Fsp3) is 0.533. The van der Waals surface area contributed by atoms with Gasteiger partial charge in [0.15, 0.2) is 0 Å². The van der Waals surface area contributed by atoms with Crippen molar-refractivity contribution in [3.05, 3.63) is 29.8 Å². The number of carbonyl (C=O) groups excluding carboxylic acids is 1. The summed E-state index contributed by atoms with van der Waals surface area (Å²) in [5, 5.41) is 0. The van der Waals surface area contributed by atoms with Gasteiger partial charge in [0, 0.05) is 25.4 Å². The number of carbonyl (C=O) groups is 1. The normalized spacial score (nSPS) is 10.5. The molecule has 0 aliphatic carbocycles. The molecule has 4 heteroatoms. The molecular formula is C15H24N2O2. The Kier molecular flexibility index (Phi) is 7.15. The van der Waals surface area contributed by atoms with E-state index in [1.54, 1.807) is 0 Å². The Morgan fingerprint density at radius 3 is 2.47 bits per heavy atom. The number of hydrogen-bond acceptors (Lipinski definition) is 3. The molecule has 0 radical (unpaired) electrons. The Bertz CT molecular complexity index is 376. The molecule has 19 heavy (non-hydrogen) atoms. The summed E-state index contributed by atoms with van der Waals surface area (Å²) in [6, 6.07) is 7.84. The van der Waals surface area contributed by atoms with Gasteiger partial charge in [-0.2, -0.15) is 0 Å². The summed E-state index contributed by atoms with van der Waals surface area (Å²) in [6.07, 6.45) is 1.35. The predicted octanol–water partition coefficient (Wildman–Crippen LogP) is 2.31. The molecule has 106 valence electrons. The predicted molar refractivity (Wildman–Crippen MR) is 78.1 cm³/mol. The van der Waals surface area contributed by atoms with Crippen LogP contribution in [0, 0.1) is 0 Å². The summed E-state index contributed by atoms with van der Waals surface area (Å²) in [4.78, 5) is 14.0. The number of nitrogens with two attached hydrogens (primary N) is 1. The van der Waals surface area contributed by atoms with Crippen LogP contribution in [-0.2, 0) is 16.1 Å². The van der Waals surface area contributed by atoms with Crippen LogP contribution in [0.15, 0.2) is 24.3 Å². The molecule has 0 fully saturated rings. The van der Waals surface area contributed by atoms with Crippen molar-refractivity contribution in [2.45, 2.75) is 33.2 Å².